The minimum atomic E-state index is -5.35. The number of rotatable bonds is 42. The molecule has 3 rings (SSSR count). The van der Waals surface area contributed by atoms with E-state index >= 15 is 4.79 Å². The number of guanidine groups is 1. The lowest BCUT2D eigenvalue weighted by Crippen LogP contribution is -2.65. The van der Waals surface area contributed by atoms with Crippen molar-refractivity contribution in [3.8, 4) is 5.75 Å². The summed E-state index contributed by atoms with van der Waals surface area (Å²) in [6.07, 6.45) is 2.30. The van der Waals surface area contributed by atoms with Crippen LogP contribution in [-0.2, 0) is 98.2 Å². The van der Waals surface area contributed by atoms with Gasteiger partial charge in [0.15, 0.2) is 5.96 Å². The van der Waals surface area contributed by atoms with Gasteiger partial charge in [-0.25, -0.2) is 0 Å². The normalized spacial score (nSPS) is 20.0. The Morgan fingerprint density at radius 1 is 0.653 bits per heavy atom. The summed E-state index contributed by atoms with van der Waals surface area (Å²) >= 11 is 0. The van der Waals surface area contributed by atoms with Gasteiger partial charge < -0.3 is 112 Å². The number of ether oxygens (including phenoxy) is 1. The number of halogens is 1. The molecule has 42 nitrogen and oxygen atoms in total. The highest BCUT2D eigenvalue weighted by Gasteiger charge is 2.43. The van der Waals surface area contributed by atoms with E-state index in [1.54, 1.807) is 84.0 Å². The molecule has 688 valence electrons. The van der Waals surface area contributed by atoms with Crippen molar-refractivity contribution in [1.82, 2.24) is 85.1 Å². The number of aliphatic carboxylic acids is 1. The SMILES string of the molecule is CC[C@H](C)[C@H](NC(=O)[C@H](C)NC(=O)[C@H](CCCNC(=N)N)NC(=O)[C@H](CC(C)C)NC(=O)[C@H](CCC(N)=O)NC(=O)[C@]1(C)CCC/C=C/CCC[C@](C)(NC(C)=O)C(=O)N[C@@H](CNC(=O)c2cc(S(=O)(=O)F)ccc2OC)C(=O)N[C@@H]([C@@H](C)CC)C(=O)N[C@@H](C)C(=O)N1)C(=O)NCC(=O)N[C@@H](CC(=O)O)C(=O)N[C@@H](C)C(=O)N[C@@H](Cc1ccccc1)C(N)=O. The fraction of sp³-hybridized carbons (Fsp3) is 0.588. The molecule has 0 fully saturated rings. The summed E-state index contributed by atoms with van der Waals surface area (Å²) in [5.41, 5.74) is 13.1. The lowest BCUT2D eigenvalue weighted by Gasteiger charge is -2.34. The summed E-state index contributed by atoms with van der Waals surface area (Å²) < 4.78 is 43.1. The van der Waals surface area contributed by atoms with Crippen molar-refractivity contribution in [2.24, 2.45) is 35.0 Å². The minimum absolute atomic E-state index is 0.00735. The Morgan fingerprint density at radius 3 is 1.78 bits per heavy atom. The standard InChI is InChI=1S/C80H123FN20O22S/c1-14-43(5)62(74(117)88-41-60(104)92-56(39-61(105)106)71(114)90-45(7)65(108)94-54(64(83)107)37-49-26-21-20-22-27-49)98-66(109)46(8)89-69(112)52(28-25-35-86-78(84)85)93-72(115)55(36-42(3)4)95-70(113)53(30-32-59(82)103)96-77(120)80(12)34-24-19-17-16-18-23-33-79(11,100-48(10)102)76(119)97-57(40-87-68(111)51-38-50(124(81,121)122)29-31-58(51)123-13)73(116)99-63(44(6)15-2)75(118)91-47(9)67(110)101-80/h16-17,20-22,26-27,29,31,38,42-47,52-57,62-63H,14-15,18-19,23-25,28,30,32-37,39-41H2,1-13H3,(H2,82,103)(H2,83,107)(H,87,111)(H,88,117)(H,89,112)(H,90,114)(H,91,118)(H,92,104)(H,93,115)(H,94,108)(H,95,113)(H,96,120)(H,97,119)(H,98,109)(H,99,116)(H,100,102)(H,101,110)(H,105,106)(H4,84,85,86)/b17-16+/t43-,44-,45-,46-,47-,52-,53-,54-,55-,56-,57-,62-,63-,79-,80-/m0/s1. The summed E-state index contributed by atoms with van der Waals surface area (Å²) in [6.45, 7) is 15.8. The lowest BCUT2D eigenvalue weighted by molar-refractivity contribution is -0.141. The molecule has 0 bridgehead atoms. The summed E-state index contributed by atoms with van der Waals surface area (Å²) in [7, 11) is -4.21. The molecule has 44 heteroatoms. The van der Waals surface area contributed by atoms with Gasteiger partial charge in [-0.2, -0.15) is 8.42 Å². The van der Waals surface area contributed by atoms with Crippen LogP contribution in [-0.4, -0.2) is 230 Å². The molecular weight excluding hydrogens is 1640 g/mol. The number of carboxylic acids is 1. The van der Waals surface area contributed by atoms with Gasteiger partial charge in [0.2, 0.25) is 94.5 Å². The van der Waals surface area contributed by atoms with Crippen LogP contribution in [0.15, 0.2) is 65.6 Å². The van der Waals surface area contributed by atoms with E-state index in [4.69, 9.17) is 27.3 Å². The zero-order chi connectivity index (χ0) is 93.7. The molecule has 1 heterocycles. The van der Waals surface area contributed by atoms with Crippen LogP contribution >= 0.6 is 0 Å². The first-order chi connectivity index (χ1) is 58.0. The van der Waals surface area contributed by atoms with Crippen molar-refractivity contribution in [3.05, 3.63) is 71.8 Å². The fourth-order valence-corrected chi connectivity index (χ4v) is 13.2. The van der Waals surface area contributed by atoms with Crippen LogP contribution < -0.4 is 107 Å². The van der Waals surface area contributed by atoms with Crippen molar-refractivity contribution in [1.29, 1.82) is 5.41 Å². The number of hydrogen-bond acceptors (Lipinski definition) is 22. The van der Waals surface area contributed by atoms with Crippen LogP contribution in [0.1, 0.15) is 189 Å². The van der Waals surface area contributed by atoms with E-state index in [0.717, 1.165) is 26.2 Å². The molecule has 0 saturated carbocycles. The Morgan fingerprint density at radius 2 is 1.23 bits per heavy atom. The van der Waals surface area contributed by atoms with Crippen molar-refractivity contribution in [2.45, 2.75) is 262 Å². The number of hydrogen-bond donors (Lipinski definition) is 21. The second kappa shape index (κ2) is 50.9. The Bertz CT molecular complexity index is 4310. The lowest BCUT2D eigenvalue weighted by atomic mass is 9.91. The first-order valence-electron chi connectivity index (χ1n) is 40.7. The van der Waals surface area contributed by atoms with Crippen molar-refractivity contribution < 1.29 is 108 Å². The number of nitrogens with one attached hydrogen (secondary N) is 17. The van der Waals surface area contributed by atoms with Gasteiger partial charge in [0.1, 0.15) is 83.3 Å². The smallest absolute Gasteiger partial charge is 0.332 e. The van der Waals surface area contributed by atoms with E-state index < -0.39 is 261 Å². The first-order valence-corrected chi connectivity index (χ1v) is 42.1. The Hall–Kier alpha value is -12.4. The van der Waals surface area contributed by atoms with Gasteiger partial charge in [-0.05, 0) is 140 Å². The second-order valence-electron chi connectivity index (χ2n) is 31.4. The number of amides is 17. The monoisotopic (exact) mass is 1770 g/mol. The maximum atomic E-state index is 15.0. The second-order valence-corrected chi connectivity index (χ2v) is 32.8. The van der Waals surface area contributed by atoms with Crippen LogP contribution in [0.5, 0.6) is 5.75 Å². The van der Waals surface area contributed by atoms with Gasteiger partial charge in [-0.1, -0.05) is 96.9 Å². The number of benzene rings is 2. The highest BCUT2D eigenvalue weighted by Crippen LogP contribution is 2.25. The molecule has 124 heavy (non-hydrogen) atoms. The molecule has 0 unspecified atom stereocenters. The third kappa shape index (κ3) is 36.0. The van der Waals surface area contributed by atoms with Crippen LogP contribution in [0, 0.1) is 23.2 Å². The summed E-state index contributed by atoms with van der Waals surface area (Å²) in [6, 6.07) is -5.78. The molecule has 2 aromatic rings. The number of carbonyl (C=O) groups excluding carboxylic acids is 17. The van der Waals surface area contributed by atoms with Crippen molar-refractivity contribution >= 4 is 123 Å². The Kier molecular flexibility index (Phi) is 43.4. The molecular formula is C80H123FN20O22S. The quantitative estimate of drug-likeness (QED) is 0.0105. The van der Waals surface area contributed by atoms with Gasteiger partial charge in [0.25, 0.3) is 5.91 Å². The molecule has 0 radical (unpaired) electrons. The van der Waals surface area contributed by atoms with Gasteiger partial charge in [0.05, 0.1) is 30.5 Å². The van der Waals surface area contributed by atoms with E-state index in [1.807, 2.05) is 0 Å². The maximum absolute atomic E-state index is 15.0. The first kappa shape index (κ1) is 106. The van der Waals surface area contributed by atoms with Gasteiger partial charge >= 0.3 is 16.2 Å². The highest BCUT2D eigenvalue weighted by molar-refractivity contribution is 7.86. The van der Waals surface area contributed by atoms with Gasteiger partial charge in [-0.15, -0.1) is 3.89 Å². The predicted octanol–water partition coefficient (Wildman–Crippen LogP) is -2.86. The number of nitrogens with two attached hydrogens (primary N) is 3. The molecule has 24 N–H and O–H groups in total. The summed E-state index contributed by atoms with van der Waals surface area (Å²) in [5, 5.41) is 57.4. The summed E-state index contributed by atoms with van der Waals surface area (Å²) in [5.74, 6) is -20.5. The molecule has 1 aliphatic heterocycles. The molecule has 2 aromatic carbocycles. The average molecular weight is 1770 g/mol. The van der Waals surface area contributed by atoms with E-state index in [9.17, 15) is 98.9 Å². The van der Waals surface area contributed by atoms with Gasteiger partial charge in [-0.3, -0.25) is 91.7 Å². The third-order valence-electron chi connectivity index (χ3n) is 20.4. The fourth-order valence-electron chi connectivity index (χ4n) is 12.7. The van der Waals surface area contributed by atoms with E-state index in [-0.39, 0.29) is 89.3 Å². The van der Waals surface area contributed by atoms with Crippen LogP contribution in [0.3, 0.4) is 0 Å². The number of methoxy groups -OCH3 is 1. The molecule has 15 atom stereocenters. The molecule has 1 aliphatic rings. The largest absolute Gasteiger partial charge is 0.496 e. The zero-order valence-electron chi connectivity index (χ0n) is 72.1. The molecule has 0 aliphatic carbocycles. The number of allylic oxidation sites excluding steroid dienone is 2. The maximum Gasteiger partial charge on any atom is 0.332 e. The zero-order valence-corrected chi connectivity index (χ0v) is 72.9. The molecule has 0 spiro atoms. The predicted molar refractivity (Wildman–Crippen MR) is 448 cm³/mol. The van der Waals surface area contributed by atoms with Crippen LogP contribution in [0.25, 0.3) is 0 Å². The number of primary amides is 2. The molecule has 0 saturated heterocycles. The Labute approximate surface area is 719 Å². The topological polar surface area (TPSA) is 665 Å². The summed E-state index contributed by atoms with van der Waals surface area (Å²) in [4.78, 5) is 247. The van der Waals surface area contributed by atoms with Crippen LogP contribution in [0.4, 0.5) is 3.89 Å². The van der Waals surface area contributed by atoms with E-state index in [1.165, 1.54) is 34.6 Å². The van der Waals surface area contributed by atoms with E-state index in [0.29, 0.717) is 11.6 Å². The molecule has 0 aromatic heterocycles. The van der Waals surface area contributed by atoms with Crippen LogP contribution in [0.2, 0.25) is 0 Å². The van der Waals surface area contributed by atoms with Crippen molar-refractivity contribution in [3.63, 3.8) is 0 Å². The van der Waals surface area contributed by atoms with E-state index in [2.05, 4.69) is 85.1 Å². The molecule has 17 amide bonds. The van der Waals surface area contributed by atoms with Gasteiger partial charge in [0, 0.05) is 32.9 Å². The minimum Gasteiger partial charge on any atom is -0.496 e. The van der Waals surface area contributed by atoms with Crippen molar-refractivity contribution in [2.75, 3.05) is 26.7 Å². The number of carbonyl (C=O) groups is 18. The average Bonchev–Trinajstić information content (AvgIpc) is 0.833. The third-order valence-corrected chi connectivity index (χ3v) is 21.2. The number of carboxylic acid groups (broad SMARTS) is 1. The highest BCUT2D eigenvalue weighted by atomic mass is 32.3. The Balaban J connectivity index is 1.94.